The van der Waals surface area contributed by atoms with E-state index in [9.17, 15) is 0 Å². The third-order valence-electron chi connectivity index (χ3n) is 6.21. The quantitative estimate of drug-likeness (QED) is 0.255. The Morgan fingerprint density at radius 2 is 0.750 bits per heavy atom. The summed E-state index contributed by atoms with van der Waals surface area (Å²) in [6.45, 7) is 2.22. The van der Waals surface area contributed by atoms with Gasteiger partial charge in [-0.1, -0.05) is 133 Å². The van der Waals surface area contributed by atoms with E-state index in [1.807, 2.05) is 0 Å². The number of hydrogen-bond donors (Lipinski definition) is 0. The molecule has 0 saturated carbocycles. The fourth-order valence-electron chi connectivity index (χ4n) is 4.67. The molecule has 0 bridgehead atoms. The van der Waals surface area contributed by atoms with Crippen LogP contribution in [-0.4, -0.2) is 0 Å². The van der Waals surface area contributed by atoms with Crippen molar-refractivity contribution in [3.63, 3.8) is 0 Å². The summed E-state index contributed by atoms with van der Waals surface area (Å²) in [6, 6.07) is 47.9. The second-order valence-corrected chi connectivity index (χ2v) is 8.20. The van der Waals surface area contributed by atoms with E-state index in [0.717, 1.165) is 0 Å². The predicted octanol–water partition coefficient (Wildman–Crippen LogP) is 8.51. The van der Waals surface area contributed by atoms with Gasteiger partial charge in [-0.15, -0.1) is 0 Å². The van der Waals surface area contributed by atoms with Crippen molar-refractivity contribution in [3.05, 3.63) is 156 Å². The molecule has 5 aromatic rings. The van der Waals surface area contributed by atoms with Gasteiger partial charge in [-0.3, -0.25) is 0 Å². The van der Waals surface area contributed by atoms with Gasteiger partial charge in [-0.05, 0) is 51.4 Å². The van der Waals surface area contributed by atoms with Crippen LogP contribution in [0, 0.1) is 6.92 Å². The van der Waals surface area contributed by atoms with E-state index >= 15 is 0 Å². The van der Waals surface area contributed by atoms with E-state index in [0.29, 0.717) is 0 Å². The molecule has 32 heavy (non-hydrogen) atoms. The Kier molecular flexibility index (Phi) is 5.68. The number of hydrogen-bond acceptors (Lipinski definition) is 0. The maximum Gasteiger partial charge on any atom is 0.0354 e. The van der Waals surface area contributed by atoms with E-state index in [-0.39, 0.29) is 5.92 Å². The van der Waals surface area contributed by atoms with Crippen LogP contribution in [0.3, 0.4) is 0 Å². The molecule has 154 valence electrons. The lowest BCUT2D eigenvalue weighted by molar-refractivity contribution is 0.967. The van der Waals surface area contributed by atoms with Gasteiger partial charge in [0.1, 0.15) is 0 Å². The summed E-state index contributed by atoms with van der Waals surface area (Å²) >= 11 is 0. The summed E-state index contributed by atoms with van der Waals surface area (Å²) in [6.07, 6.45) is 0. The summed E-state index contributed by atoms with van der Waals surface area (Å²) in [7, 11) is 0. The molecular formula is C32H26. The molecule has 0 aliphatic heterocycles. The third-order valence-corrected chi connectivity index (χ3v) is 6.21. The van der Waals surface area contributed by atoms with Gasteiger partial charge < -0.3 is 0 Å². The number of benzene rings is 5. The fourth-order valence-corrected chi connectivity index (χ4v) is 4.67. The number of aryl methyl sites for hydroxylation is 1. The van der Waals surface area contributed by atoms with Crippen molar-refractivity contribution in [3.8, 4) is 22.3 Å². The maximum atomic E-state index is 2.29. The minimum Gasteiger partial charge on any atom is -0.0622 e. The third kappa shape index (κ3) is 3.88. The minimum absolute atomic E-state index is 0.129. The zero-order valence-corrected chi connectivity index (χ0v) is 18.3. The highest BCUT2D eigenvalue weighted by atomic mass is 14.3. The fraction of sp³-hybridized carbons (Fsp3) is 0.0625. The smallest absolute Gasteiger partial charge is 0.0354 e. The van der Waals surface area contributed by atoms with Gasteiger partial charge in [0.2, 0.25) is 0 Å². The molecule has 0 amide bonds. The molecule has 0 radical (unpaired) electrons. The first kappa shape index (κ1) is 20.0. The van der Waals surface area contributed by atoms with Crippen LogP contribution >= 0.6 is 0 Å². The number of rotatable bonds is 5. The molecular weight excluding hydrogens is 384 g/mol. The molecule has 0 atom stereocenters. The lowest BCUT2D eigenvalue weighted by Gasteiger charge is -2.26. The Morgan fingerprint density at radius 1 is 0.375 bits per heavy atom. The summed E-state index contributed by atoms with van der Waals surface area (Å²) in [5.74, 6) is 0.129. The highest BCUT2D eigenvalue weighted by Gasteiger charge is 2.24. The lowest BCUT2D eigenvalue weighted by Crippen LogP contribution is -2.08. The molecule has 0 heteroatoms. The zero-order chi connectivity index (χ0) is 21.8. The van der Waals surface area contributed by atoms with Gasteiger partial charge in [0.05, 0.1) is 0 Å². The van der Waals surface area contributed by atoms with Crippen molar-refractivity contribution in [2.24, 2.45) is 0 Å². The Hall–Kier alpha value is -3.90. The average molecular weight is 411 g/mol. The monoisotopic (exact) mass is 410 g/mol. The van der Waals surface area contributed by atoms with Gasteiger partial charge in [0.15, 0.2) is 0 Å². The van der Waals surface area contributed by atoms with Crippen molar-refractivity contribution in [2.75, 3.05) is 0 Å². The zero-order valence-electron chi connectivity index (χ0n) is 18.3. The van der Waals surface area contributed by atoms with Crippen LogP contribution < -0.4 is 0 Å². The van der Waals surface area contributed by atoms with Gasteiger partial charge >= 0.3 is 0 Å². The van der Waals surface area contributed by atoms with Gasteiger partial charge in [0.25, 0.3) is 0 Å². The van der Waals surface area contributed by atoms with Crippen molar-refractivity contribution >= 4 is 0 Å². The van der Waals surface area contributed by atoms with Crippen LogP contribution in [0.15, 0.2) is 133 Å². The van der Waals surface area contributed by atoms with Gasteiger partial charge in [-0.25, -0.2) is 0 Å². The van der Waals surface area contributed by atoms with Crippen LogP contribution in [0.25, 0.3) is 22.3 Å². The molecule has 5 rings (SSSR count). The molecule has 0 aromatic heterocycles. The maximum absolute atomic E-state index is 2.29. The Morgan fingerprint density at radius 3 is 1.22 bits per heavy atom. The highest BCUT2D eigenvalue weighted by molar-refractivity contribution is 5.75. The molecule has 0 nitrogen and oxygen atoms in total. The standard InChI is InChI=1S/C32H26/c1-24-14-8-9-19-27(24)32(30-22-12-10-20-28(30)25-15-4-2-5-16-25)31-23-13-11-21-29(31)26-17-6-3-7-18-26/h2-23,32H,1H3. The van der Waals surface area contributed by atoms with Crippen LogP contribution in [0.1, 0.15) is 28.2 Å². The van der Waals surface area contributed by atoms with Crippen LogP contribution in [0.2, 0.25) is 0 Å². The summed E-state index contributed by atoms with van der Waals surface area (Å²) in [5.41, 5.74) is 10.4. The van der Waals surface area contributed by atoms with Crippen LogP contribution in [-0.2, 0) is 0 Å². The molecule has 0 aliphatic carbocycles. The summed E-state index contributed by atoms with van der Waals surface area (Å²) in [4.78, 5) is 0. The van der Waals surface area contributed by atoms with E-state index in [4.69, 9.17) is 0 Å². The first-order chi connectivity index (χ1) is 15.8. The highest BCUT2D eigenvalue weighted by Crippen LogP contribution is 2.42. The van der Waals surface area contributed by atoms with Crippen molar-refractivity contribution in [1.82, 2.24) is 0 Å². The van der Waals surface area contributed by atoms with Crippen LogP contribution in [0.5, 0.6) is 0 Å². The van der Waals surface area contributed by atoms with E-state index in [1.54, 1.807) is 0 Å². The molecule has 0 fully saturated rings. The van der Waals surface area contributed by atoms with Crippen molar-refractivity contribution in [2.45, 2.75) is 12.8 Å². The largest absolute Gasteiger partial charge is 0.0622 e. The Labute approximate surface area is 190 Å². The molecule has 0 aliphatic rings. The first-order valence-electron chi connectivity index (χ1n) is 11.2. The van der Waals surface area contributed by atoms with Crippen LogP contribution in [0.4, 0.5) is 0 Å². The first-order valence-corrected chi connectivity index (χ1v) is 11.2. The van der Waals surface area contributed by atoms with E-state index < -0.39 is 0 Å². The normalized spacial score (nSPS) is 10.9. The van der Waals surface area contributed by atoms with Crippen molar-refractivity contribution in [1.29, 1.82) is 0 Å². The summed E-state index contributed by atoms with van der Waals surface area (Å²) in [5, 5.41) is 0. The molecule has 5 aromatic carbocycles. The average Bonchev–Trinajstić information content (AvgIpc) is 2.87. The molecule has 0 saturated heterocycles. The predicted molar refractivity (Wildman–Crippen MR) is 136 cm³/mol. The topological polar surface area (TPSA) is 0 Å². The Bertz CT molecular complexity index is 1230. The minimum atomic E-state index is 0.129. The second kappa shape index (κ2) is 9.08. The van der Waals surface area contributed by atoms with Gasteiger partial charge in [-0.2, -0.15) is 0 Å². The van der Waals surface area contributed by atoms with Gasteiger partial charge in [0, 0.05) is 5.92 Å². The SMILES string of the molecule is Cc1ccccc1C(c1ccccc1-c1ccccc1)c1ccccc1-c1ccccc1. The van der Waals surface area contributed by atoms with E-state index in [2.05, 4.69) is 140 Å². The molecule has 0 unspecified atom stereocenters. The van der Waals surface area contributed by atoms with Crippen molar-refractivity contribution < 1.29 is 0 Å². The summed E-state index contributed by atoms with van der Waals surface area (Å²) < 4.78 is 0. The molecule has 0 heterocycles. The molecule has 0 N–H and O–H groups in total. The molecule has 0 spiro atoms. The lowest BCUT2D eigenvalue weighted by atomic mass is 9.77. The van der Waals surface area contributed by atoms with E-state index in [1.165, 1.54) is 44.5 Å². The second-order valence-electron chi connectivity index (χ2n) is 8.20. The Balaban J connectivity index is 1.80.